The van der Waals surface area contributed by atoms with Crippen molar-refractivity contribution in [1.29, 1.82) is 0 Å². The molecule has 0 fully saturated rings. The molecule has 0 aliphatic carbocycles. The van der Waals surface area contributed by atoms with Crippen LogP contribution in [0.5, 0.6) is 0 Å². The molecule has 4 nitrogen and oxygen atoms in total. The summed E-state index contributed by atoms with van der Waals surface area (Å²) in [5.41, 5.74) is 6.72. The van der Waals surface area contributed by atoms with E-state index in [9.17, 15) is 0 Å². The highest BCUT2D eigenvalue weighted by Crippen LogP contribution is 2.11. The van der Waals surface area contributed by atoms with Gasteiger partial charge in [0.15, 0.2) is 0 Å². The largest absolute Gasteiger partial charge is 0.366 e. The van der Waals surface area contributed by atoms with E-state index in [0.29, 0.717) is 12.5 Å². The van der Waals surface area contributed by atoms with Crippen LogP contribution in [0.1, 0.15) is 31.8 Å². The summed E-state index contributed by atoms with van der Waals surface area (Å²) >= 11 is 0. The molecular weight excluding hydrogens is 200 g/mol. The zero-order chi connectivity index (χ0) is 12.1. The predicted molar refractivity (Wildman–Crippen MR) is 67.4 cm³/mol. The fraction of sp³-hybridized carbons (Fsp3) is 0.667. The maximum atomic E-state index is 5.74. The molecule has 0 radical (unpaired) electrons. The van der Waals surface area contributed by atoms with Gasteiger partial charge in [-0.1, -0.05) is 13.8 Å². The number of nitrogens with two attached hydrogens (primary N) is 1. The second kappa shape index (κ2) is 5.80. The van der Waals surface area contributed by atoms with Crippen LogP contribution in [0.2, 0.25) is 0 Å². The predicted octanol–water partition coefficient (Wildman–Crippen LogP) is 1.88. The van der Waals surface area contributed by atoms with E-state index in [1.165, 1.54) is 0 Å². The molecule has 1 unspecified atom stereocenters. The normalized spacial score (nSPS) is 12.9. The molecule has 0 aliphatic heterocycles. The van der Waals surface area contributed by atoms with Crippen molar-refractivity contribution in [1.82, 2.24) is 9.97 Å². The van der Waals surface area contributed by atoms with Crippen molar-refractivity contribution >= 4 is 5.82 Å². The molecule has 0 saturated heterocycles. The Bertz CT molecular complexity index is 316. The third-order valence-electron chi connectivity index (χ3n) is 2.36. The van der Waals surface area contributed by atoms with Crippen LogP contribution in [0.25, 0.3) is 0 Å². The van der Waals surface area contributed by atoms with Gasteiger partial charge < -0.3 is 11.1 Å². The highest BCUT2D eigenvalue weighted by atomic mass is 15.1. The van der Waals surface area contributed by atoms with Crippen LogP contribution < -0.4 is 11.1 Å². The van der Waals surface area contributed by atoms with E-state index in [2.05, 4.69) is 29.1 Å². The Hall–Kier alpha value is -1.16. The summed E-state index contributed by atoms with van der Waals surface area (Å²) in [5, 5.41) is 3.37. The molecule has 90 valence electrons. The van der Waals surface area contributed by atoms with E-state index >= 15 is 0 Å². The first kappa shape index (κ1) is 12.9. The van der Waals surface area contributed by atoms with Crippen molar-refractivity contribution in [3.05, 3.63) is 17.6 Å². The van der Waals surface area contributed by atoms with Gasteiger partial charge in [0.2, 0.25) is 0 Å². The lowest BCUT2D eigenvalue weighted by molar-refractivity contribution is 0.520. The van der Waals surface area contributed by atoms with Crippen molar-refractivity contribution in [2.75, 3.05) is 11.9 Å². The Morgan fingerprint density at radius 3 is 2.50 bits per heavy atom. The SMILES string of the molecule is Cc1cc(NC(CN)CC(C)C)nc(C)n1. The molecule has 0 saturated carbocycles. The van der Waals surface area contributed by atoms with Gasteiger partial charge in [-0.15, -0.1) is 0 Å². The first-order valence-electron chi connectivity index (χ1n) is 5.80. The summed E-state index contributed by atoms with van der Waals surface area (Å²) in [6, 6.07) is 2.24. The van der Waals surface area contributed by atoms with Crippen molar-refractivity contribution < 1.29 is 0 Å². The van der Waals surface area contributed by atoms with Gasteiger partial charge in [-0.3, -0.25) is 0 Å². The molecule has 0 amide bonds. The fourth-order valence-electron chi connectivity index (χ4n) is 1.78. The summed E-state index contributed by atoms with van der Waals surface area (Å²) in [6.07, 6.45) is 1.05. The van der Waals surface area contributed by atoms with Gasteiger partial charge in [-0.05, 0) is 26.2 Å². The quantitative estimate of drug-likeness (QED) is 0.798. The Labute approximate surface area is 97.7 Å². The number of nitrogens with one attached hydrogen (secondary N) is 1. The van der Waals surface area contributed by atoms with E-state index in [0.717, 1.165) is 23.8 Å². The van der Waals surface area contributed by atoms with Crippen molar-refractivity contribution in [3.8, 4) is 0 Å². The molecule has 1 atom stereocenters. The van der Waals surface area contributed by atoms with E-state index in [1.54, 1.807) is 0 Å². The number of hydrogen-bond donors (Lipinski definition) is 2. The number of aryl methyl sites for hydroxylation is 2. The third-order valence-corrected chi connectivity index (χ3v) is 2.36. The number of rotatable bonds is 5. The van der Waals surface area contributed by atoms with Crippen LogP contribution in [0.4, 0.5) is 5.82 Å². The first-order chi connectivity index (χ1) is 7.51. The monoisotopic (exact) mass is 222 g/mol. The summed E-state index contributed by atoms with van der Waals surface area (Å²) < 4.78 is 0. The zero-order valence-electron chi connectivity index (χ0n) is 10.6. The highest BCUT2D eigenvalue weighted by Gasteiger charge is 2.09. The van der Waals surface area contributed by atoms with Crippen molar-refractivity contribution in [2.24, 2.45) is 11.7 Å². The zero-order valence-corrected chi connectivity index (χ0v) is 10.6. The molecule has 0 spiro atoms. The maximum absolute atomic E-state index is 5.74. The summed E-state index contributed by atoms with van der Waals surface area (Å²) in [5.74, 6) is 2.30. The van der Waals surface area contributed by atoms with E-state index in [-0.39, 0.29) is 6.04 Å². The van der Waals surface area contributed by atoms with Crippen LogP contribution >= 0.6 is 0 Å². The lowest BCUT2D eigenvalue weighted by Gasteiger charge is -2.19. The van der Waals surface area contributed by atoms with Gasteiger partial charge in [0.1, 0.15) is 11.6 Å². The standard InChI is InChI=1S/C12H22N4/c1-8(2)5-11(7-13)16-12-6-9(3)14-10(4)15-12/h6,8,11H,5,7,13H2,1-4H3,(H,14,15,16). The molecule has 1 heterocycles. The smallest absolute Gasteiger partial charge is 0.130 e. The van der Waals surface area contributed by atoms with Crippen molar-refractivity contribution in [2.45, 2.75) is 40.2 Å². The van der Waals surface area contributed by atoms with Crippen molar-refractivity contribution in [3.63, 3.8) is 0 Å². The minimum Gasteiger partial charge on any atom is -0.366 e. The van der Waals surface area contributed by atoms with E-state index in [1.807, 2.05) is 19.9 Å². The van der Waals surface area contributed by atoms with Gasteiger partial charge in [0.25, 0.3) is 0 Å². The van der Waals surface area contributed by atoms with Gasteiger partial charge >= 0.3 is 0 Å². The Morgan fingerprint density at radius 2 is 2.00 bits per heavy atom. The number of anilines is 1. The lowest BCUT2D eigenvalue weighted by Crippen LogP contribution is -2.30. The second-order valence-electron chi connectivity index (χ2n) is 4.65. The fourth-order valence-corrected chi connectivity index (χ4v) is 1.78. The Balaban J connectivity index is 2.69. The molecule has 1 rings (SSSR count). The van der Waals surface area contributed by atoms with Crippen LogP contribution in [0.15, 0.2) is 6.07 Å². The molecule has 1 aromatic rings. The maximum Gasteiger partial charge on any atom is 0.130 e. The van der Waals surface area contributed by atoms with Crippen LogP contribution in [-0.4, -0.2) is 22.6 Å². The summed E-state index contributed by atoms with van der Waals surface area (Å²) in [7, 11) is 0. The molecule has 0 aromatic carbocycles. The second-order valence-corrected chi connectivity index (χ2v) is 4.65. The lowest BCUT2D eigenvalue weighted by atomic mass is 10.0. The third kappa shape index (κ3) is 4.14. The molecule has 16 heavy (non-hydrogen) atoms. The van der Waals surface area contributed by atoms with Gasteiger partial charge in [0, 0.05) is 24.3 Å². The molecule has 4 heteroatoms. The van der Waals surface area contributed by atoms with Gasteiger partial charge in [-0.2, -0.15) is 0 Å². The van der Waals surface area contributed by atoms with Gasteiger partial charge in [0.05, 0.1) is 0 Å². The average Bonchev–Trinajstić information content (AvgIpc) is 2.14. The Kier molecular flexibility index (Phi) is 4.68. The average molecular weight is 222 g/mol. The highest BCUT2D eigenvalue weighted by molar-refractivity contribution is 5.36. The molecule has 1 aromatic heterocycles. The van der Waals surface area contributed by atoms with E-state index < -0.39 is 0 Å². The van der Waals surface area contributed by atoms with Gasteiger partial charge in [-0.25, -0.2) is 9.97 Å². The summed E-state index contributed by atoms with van der Waals surface area (Å²) in [4.78, 5) is 8.60. The van der Waals surface area contributed by atoms with Crippen LogP contribution in [-0.2, 0) is 0 Å². The minimum absolute atomic E-state index is 0.286. The summed E-state index contributed by atoms with van der Waals surface area (Å²) in [6.45, 7) is 8.89. The minimum atomic E-state index is 0.286. The topological polar surface area (TPSA) is 63.8 Å². The van der Waals surface area contributed by atoms with E-state index in [4.69, 9.17) is 5.73 Å². The molecule has 0 bridgehead atoms. The van der Waals surface area contributed by atoms with Crippen LogP contribution in [0, 0.1) is 19.8 Å². The first-order valence-corrected chi connectivity index (χ1v) is 5.80. The Morgan fingerprint density at radius 1 is 1.31 bits per heavy atom. The van der Waals surface area contributed by atoms with Crippen LogP contribution in [0.3, 0.4) is 0 Å². The number of hydrogen-bond acceptors (Lipinski definition) is 4. The molecule has 3 N–H and O–H groups in total. The molecule has 0 aliphatic rings. The molecular formula is C12H22N4. The number of nitrogens with zero attached hydrogens (tertiary/aromatic N) is 2. The number of aromatic nitrogens is 2.